The standard InChI is InChI=1S/C20H18N6O2S/c1-13-6-7-16(28-2)15(11-13)22-18(27)12-29-19-9-8-17-23-24-20(26(17)25-19)14-5-3-4-10-21-14/h3-11H,12H2,1-2H3,(H,22,27). The van der Waals surface area contributed by atoms with Gasteiger partial charge in [0.25, 0.3) is 0 Å². The molecule has 0 saturated heterocycles. The molecule has 0 fully saturated rings. The molecule has 0 saturated carbocycles. The number of hydrogen-bond donors (Lipinski definition) is 1. The number of fused-ring (bicyclic) bond motifs is 1. The molecule has 0 aliphatic heterocycles. The third-order valence-corrected chi connectivity index (χ3v) is 5.03. The quantitative estimate of drug-likeness (QED) is 0.491. The Balaban J connectivity index is 1.49. The van der Waals surface area contributed by atoms with Gasteiger partial charge in [0.1, 0.15) is 16.5 Å². The highest BCUT2D eigenvalue weighted by Gasteiger charge is 2.13. The zero-order valence-corrected chi connectivity index (χ0v) is 16.7. The first kappa shape index (κ1) is 18.9. The first-order valence-corrected chi connectivity index (χ1v) is 9.84. The van der Waals surface area contributed by atoms with E-state index in [4.69, 9.17) is 4.74 Å². The monoisotopic (exact) mass is 406 g/mol. The van der Waals surface area contributed by atoms with Crippen molar-refractivity contribution in [3.63, 3.8) is 0 Å². The van der Waals surface area contributed by atoms with Gasteiger partial charge >= 0.3 is 0 Å². The maximum absolute atomic E-state index is 12.4. The Morgan fingerprint density at radius 3 is 2.86 bits per heavy atom. The predicted octanol–water partition coefficient (Wildman–Crippen LogP) is 3.23. The summed E-state index contributed by atoms with van der Waals surface area (Å²) in [5, 5.41) is 16.4. The van der Waals surface area contributed by atoms with Crippen LogP contribution in [0.25, 0.3) is 17.2 Å². The van der Waals surface area contributed by atoms with E-state index in [1.165, 1.54) is 11.8 Å². The van der Waals surface area contributed by atoms with E-state index in [1.807, 2.05) is 55.5 Å². The number of rotatable bonds is 6. The maximum atomic E-state index is 12.4. The normalized spacial score (nSPS) is 10.8. The summed E-state index contributed by atoms with van der Waals surface area (Å²) in [5.74, 6) is 1.24. The molecule has 1 aromatic carbocycles. The van der Waals surface area contributed by atoms with Crippen LogP contribution in [0.3, 0.4) is 0 Å². The van der Waals surface area contributed by atoms with Crippen LogP contribution in [0.1, 0.15) is 5.56 Å². The van der Waals surface area contributed by atoms with Crippen LogP contribution in [0, 0.1) is 6.92 Å². The molecule has 0 spiro atoms. The van der Waals surface area contributed by atoms with Crippen LogP contribution in [-0.4, -0.2) is 43.6 Å². The van der Waals surface area contributed by atoms with Crippen molar-refractivity contribution in [2.75, 3.05) is 18.2 Å². The molecule has 9 heteroatoms. The van der Waals surface area contributed by atoms with Crippen molar-refractivity contribution in [2.45, 2.75) is 11.9 Å². The first-order chi connectivity index (χ1) is 14.1. The van der Waals surface area contributed by atoms with E-state index in [1.54, 1.807) is 17.8 Å². The Labute approximate surface area is 171 Å². The maximum Gasteiger partial charge on any atom is 0.234 e. The number of hydrogen-bond acceptors (Lipinski definition) is 7. The molecule has 0 radical (unpaired) electrons. The Morgan fingerprint density at radius 1 is 1.17 bits per heavy atom. The highest BCUT2D eigenvalue weighted by molar-refractivity contribution is 7.99. The molecule has 29 heavy (non-hydrogen) atoms. The second kappa shape index (κ2) is 8.27. The van der Waals surface area contributed by atoms with Crippen molar-refractivity contribution in [3.8, 4) is 17.3 Å². The summed E-state index contributed by atoms with van der Waals surface area (Å²) in [6, 6.07) is 14.8. The van der Waals surface area contributed by atoms with E-state index in [0.717, 1.165) is 5.56 Å². The number of pyridine rings is 1. The predicted molar refractivity (Wildman–Crippen MR) is 111 cm³/mol. The zero-order valence-electron chi connectivity index (χ0n) is 15.9. The second-order valence-corrected chi connectivity index (χ2v) is 7.22. The largest absolute Gasteiger partial charge is 0.495 e. The Morgan fingerprint density at radius 2 is 2.07 bits per heavy atom. The lowest BCUT2D eigenvalue weighted by molar-refractivity contribution is -0.113. The van der Waals surface area contributed by atoms with E-state index >= 15 is 0 Å². The number of ether oxygens (including phenoxy) is 1. The smallest absolute Gasteiger partial charge is 0.234 e. The summed E-state index contributed by atoms with van der Waals surface area (Å²) in [7, 11) is 1.58. The van der Waals surface area contributed by atoms with Gasteiger partial charge in [0.15, 0.2) is 5.65 Å². The highest BCUT2D eigenvalue weighted by atomic mass is 32.2. The summed E-state index contributed by atoms with van der Waals surface area (Å²) in [4.78, 5) is 16.7. The fourth-order valence-corrected chi connectivity index (χ4v) is 3.40. The summed E-state index contributed by atoms with van der Waals surface area (Å²) < 4.78 is 6.93. The number of benzene rings is 1. The van der Waals surface area contributed by atoms with E-state index in [0.29, 0.717) is 33.6 Å². The van der Waals surface area contributed by atoms with E-state index in [9.17, 15) is 4.79 Å². The molecule has 4 rings (SSSR count). The van der Waals surface area contributed by atoms with E-state index in [-0.39, 0.29) is 11.7 Å². The SMILES string of the molecule is COc1ccc(C)cc1NC(=O)CSc1ccc2nnc(-c3ccccn3)n2n1. The van der Waals surface area contributed by atoms with Crippen molar-refractivity contribution < 1.29 is 9.53 Å². The van der Waals surface area contributed by atoms with Crippen LogP contribution < -0.4 is 10.1 Å². The number of amides is 1. The van der Waals surface area contributed by atoms with Crippen molar-refractivity contribution in [2.24, 2.45) is 0 Å². The lowest BCUT2D eigenvalue weighted by Gasteiger charge is -2.10. The molecule has 0 bridgehead atoms. The molecular weight excluding hydrogens is 388 g/mol. The lowest BCUT2D eigenvalue weighted by atomic mass is 10.2. The number of nitrogens with zero attached hydrogens (tertiary/aromatic N) is 5. The van der Waals surface area contributed by atoms with Gasteiger partial charge in [0.2, 0.25) is 11.7 Å². The number of aromatic nitrogens is 5. The molecule has 1 amide bonds. The molecule has 1 N–H and O–H groups in total. The minimum absolute atomic E-state index is 0.144. The third kappa shape index (κ3) is 4.19. The topological polar surface area (TPSA) is 94.3 Å². The number of carbonyl (C=O) groups is 1. The van der Waals surface area contributed by atoms with Crippen molar-refractivity contribution in [1.29, 1.82) is 0 Å². The summed E-state index contributed by atoms with van der Waals surface area (Å²) >= 11 is 1.33. The Bertz CT molecular complexity index is 1160. The number of thioether (sulfide) groups is 1. The average molecular weight is 406 g/mol. The van der Waals surface area contributed by atoms with Crippen molar-refractivity contribution in [1.82, 2.24) is 24.8 Å². The van der Waals surface area contributed by atoms with Gasteiger partial charge < -0.3 is 10.1 Å². The molecule has 4 aromatic rings. The Hall–Kier alpha value is -3.46. The van der Waals surface area contributed by atoms with Gasteiger partial charge in [-0.05, 0) is 48.9 Å². The molecule has 0 unspecified atom stereocenters. The molecule has 3 aromatic heterocycles. The van der Waals surface area contributed by atoms with Crippen LogP contribution in [0.5, 0.6) is 5.75 Å². The molecule has 146 valence electrons. The molecular formula is C20H18N6O2S. The van der Waals surface area contributed by atoms with Crippen LogP contribution in [0.15, 0.2) is 59.8 Å². The van der Waals surface area contributed by atoms with Gasteiger partial charge in [-0.3, -0.25) is 9.78 Å². The average Bonchev–Trinajstić information content (AvgIpc) is 3.16. The van der Waals surface area contributed by atoms with Crippen LogP contribution in [-0.2, 0) is 4.79 Å². The van der Waals surface area contributed by atoms with Crippen LogP contribution in [0.4, 0.5) is 5.69 Å². The molecule has 0 atom stereocenters. The summed E-state index contributed by atoms with van der Waals surface area (Å²) in [5.41, 5.74) is 2.98. The van der Waals surface area contributed by atoms with Gasteiger partial charge in [-0.25, -0.2) is 0 Å². The highest BCUT2D eigenvalue weighted by Crippen LogP contribution is 2.26. The van der Waals surface area contributed by atoms with Gasteiger partial charge in [0, 0.05) is 6.20 Å². The number of anilines is 1. The molecule has 8 nitrogen and oxygen atoms in total. The van der Waals surface area contributed by atoms with Crippen LogP contribution in [0.2, 0.25) is 0 Å². The Kier molecular flexibility index (Phi) is 5.39. The molecule has 0 aliphatic carbocycles. The fraction of sp³-hybridized carbons (Fsp3) is 0.150. The summed E-state index contributed by atoms with van der Waals surface area (Å²) in [6.07, 6.45) is 1.69. The minimum atomic E-state index is -0.144. The van der Waals surface area contributed by atoms with Gasteiger partial charge in [0.05, 0.1) is 18.6 Å². The van der Waals surface area contributed by atoms with E-state index < -0.39 is 0 Å². The molecule has 0 aliphatic rings. The van der Waals surface area contributed by atoms with Gasteiger partial charge in [-0.2, -0.15) is 9.61 Å². The van der Waals surface area contributed by atoms with Crippen molar-refractivity contribution in [3.05, 3.63) is 60.3 Å². The fourth-order valence-electron chi connectivity index (χ4n) is 2.75. The zero-order chi connectivity index (χ0) is 20.2. The number of carbonyl (C=O) groups excluding carboxylic acids is 1. The third-order valence-electron chi connectivity index (χ3n) is 4.11. The summed E-state index contributed by atoms with van der Waals surface area (Å²) in [6.45, 7) is 1.96. The van der Waals surface area contributed by atoms with E-state index in [2.05, 4.69) is 25.6 Å². The van der Waals surface area contributed by atoms with Crippen molar-refractivity contribution >= 4 is 29.0 Å². The van der Waals surface area contributed by atoms with Gasteiger partial charge in [-0.1, -0.05) is 23.9 Å². The second-order valence-electron chi connectivity index (χ2n) is 6.22. The number of aryl methyl sites for hydroxylation is 1. The first-order valence-electron chi connectivity index (χ1n) is 8.85. The minimum Gasteiger partial charge on any atom is -0.495 e. The van der Waals surface area contributed by atoms with Gasteiger partial charge in [-0.15, -0.1) is 10.2 Å². The molecule has 3 heterocycles. The van der Waals surface area contributed by atoms with Crippen LogP contribution >= 0.6 is 11.8 Å². The number of nitrogens with one attached hydrogen (secondary N) is 1. The number of methoxy groups -OCH3 is 1. The lowest BCUT2D eigenvalue weighted by Crippen LogP contribution is -2.15.